The second-order valence-corrected chi connectivity index (χ2v) is 6.77. The molecule has 0 atom stereocenters. The molecule has 4 rings (SSSR count). The minimum absolute atomic E-state index is 0.137. The van der Waals surface area contributed by atoms with Crippen molar-refractivity contribution in [2.45, 2.75) is 25.3 Å². The molecule has 0 aliphatic carbocycles. The van der Waals surface area contributed by atoms with E-state index in [4.69, 9.17) is 9.26 Å². The SMILES string of the molecule is Cc1cc(=O)c(C(=O)NC2(c3ncon3)CCOCC2)nn1-c1ccccc1F. The number of hydrogen-bond donors (Lipinski definition) is 1. The Kier molecular flexibility index (Phi) is 4.93. The van der Waals surface area contributed by atoms with Gasteiger partial charge < -0.3 is 14.6 Å². The monoisotopic (exact) mass is 399 g/mol. The third kappa shape index (κ3) is 3.54. The van der Waals surface area contributed by atoms with Gasteiger partial charge >= 0.3 is 0 Å². The summed E-state index contributed by atoms with van der Waals surface area (Å²) in [6.07, 6.45) is 1.99. The number of carbonyl (C=O) groups excluding carboxylic acids is 1. The maximum Gasteiger partial charge on any atom is 0.276 e. The summed E-state index contributed by atoms with van der Waals surface area (Å²) in [7, 11) is 0. The number of aryl methyl sites for hydroxylation is 1. The molecule has 10 heteroatoms. The van der Waals surface area contributed by atoms with E-state index in [-0.39, 0.29) is 11.4 Å². The van der Waals surface area contributed by atoms with Crippen LogP contribution in [-0.2, 0) is 10.3 Å². The summed E-state index contributed by atoms with van der Waals surface area (Å²) in [5, 5.41) is 10.8. The Morgan fingerprint density at radius 3 is 2.72 bits per heavy atom. The lowest BCUT2D eigenvalue weighted by molar-refractivity contribution is 0.0303. The van der Waals surface area contributed by atoms with Gasteiger partial charge in [-0.25, -0.2) is 9.07 Å². The standard InChI is InChI=1S/C19H18FN5O4/c1-12-10-15(26)16(23-25(12)14-5-3-2-4-13(14)20)17(27)22-19(6-8-28-9-7-19)18-21-11-29-24-18/h2-5,10-11H,6-9H2,1H3,(H,22,27). The molecule has 3 heterocycles. The van der Waals surface area contributed by atoms with Crippen LogP contribution in [0, 0.1) is 12.7 Å². The second kappa shape index (κ2) is 7.55. The summed E-state index contributed by atoms with van der Waals surface area (Å²) < 4.78 is 25.7. The molecule has 1 aromatic carbocycles. The highest BCUT2D eigenvalue weighted by molar-refractivity contribution is 5.92. The molecule has 0 bridgehead atoms. The number of para-hydroxylation sites is 1. The van der Waals surface area contributed by atoms with Crippen LogP contribution < -0.4 is 10.7 Å². The summed E-state index contributed by atoms with van der Waals surface area (Å²) in [4.78, 5) is 29.6. The number of benzene rings is 1. The van der Waals surface area contributed by atoms with E-state index < -0.39 is 22.7 Å². The van der Waals surface area contributed by atoms with Gasteiger partial charge in [0, 0.05) is 37.8 Å². The predicted molar refractivity (Wildman–Crippen MR) is 98.0 cm³/mol. The first-order valence-electron chi connectivity index (χ1n) is 9.03. The second-order valence-electron chi connectivity index (χ2n) is 6.77. The largest absolute Gasteiger partial charge is 0.381 e. The Labute approximate surface area is 164 Å². The molecule has 0 saturated carbocycles. The van der Waals surface area contributed by atoms with Gasteiger partial charge in [0.25, 0.3) is 5.91 Å². The van der Waals surface area contributed by atoms with Crippen LogP contribution >= 0.6 is 0 Å². The van der Waals surface area contributed by atoms with E-state index in [1.54, 1.807) is 19.1 Å². The van der Waals surface area contributed by atoms with Crippen molar-refractivity contribution >= 4 is 5.91 Å². The molecule has 1 amide bonds. The molecule has 3 aromatic rings. The molecule has 9 nitrogen and oxygen atoms in total. The van der Waals surface area contributed by atoms with Gasteiger partial charge in [0.05, 0.1) is 0 Å². The lowest BCUT2D eigenvalue weighted by Crippen LogP contribution is -2.51. The summed E-state index contributed by atoms with van der Waals surface area (Å²) in [6, 6.07) is 7.23. The third-order valence-electron chi connectivity index (χ3n) is 4.89. The Bertz CT molecular complexity index is 1090. The number of aromatic nitrogens is 4. The average molecular weight is 399 g/mol. The molecular weight excluding hydrogens is 381 g/mol. The van der Waals surface area contributed by atoms with Crippen LogP contribution in [0.25, 0.3) is 5.69 Å². The molecule has 1 fully saturated rings. The normalized spacial score (nSPS) is 15.8. The van der Waals surface area contributed by atoms with Crippen molar-refractivity contribution in [3.05, 3.63) is 70.0 Å². The number of nitrogens with one attached hydrogen (secondary N) is 1. The number of rotatable bonds is 4. The van der Waals surface area contributed by atoms with E-state index in [1.165, 1.54) is 29.3 Å². The zero-order chi connectivity index (χ0) is 20.4. The van der Waals surface area contributed by atoms with Crippen molar-refractivity contribution in [2.75, 3.05) is 13.2 Å². The summed E-state index contributed by atoms with van der Waals surface area (Å²) >= 11 is 0. The number of amides is 1. The predicted octanol–water partition coefficient (Wildman–Crippen LogP) is 1.50. The third-order valence-corrected chi connectivity index (χ3v) is 4.89. The topological polar surface area (TPSA) is 112 Å². The zero-order valence-corrected chi connectivity index (χ0v) is 15.6. The molecule has 0 radical (unpaired) electrons. The fourth-order valence-electron chi connectivity index (χ4n) is 3.35. The molecule has 1 N–H and O–H groups in total. The van der Waals surface area contributed by atoms with Crippen molar-refractivity contribution < 1.29 is 18.4 Å². The highest BCUT2D eigenvalue weighted by atomic mass is 19.1. The maximum atomic E-state index is 14.2. The Balaban J connectivity index is 1.73. The van der Waals surface area contributed by atoms with Crippen LogP contribution in [0.4, 0.5) is 4.39 Å². The van der Waals surface area contributed by atoms with E-state index in [2.05, 4.69) is 20.6 Å². The van der Waals surface area contributed by atoms with Crippen molar-refractivity contribution in [3.63, 3.8) is 0 Å². The summed E-state index contributed by atoms with van der Waals surface area (Å²) in [5.74, 6) is -0.923. The molecule has 1 aliphatic heterocycles. The zero-order valence-electron chi connectivity index (χ0n) is 15.6. The van der Waals surface area contributed by atoms with Gasteiger partial charge in [0.15, 0.2) is 11.5 Å². The number of halogens is 1. The van der Waals surface area contributed by atoms with Crippen LogP contribution in [0.3, 0.4) is 0 Å². The Morgan fingerprint density at radius 2 is 2.03 bits per heavy atom. The van der Waals surface area contributed by atoms with Crippen LogP contribution in [0.15, 0.2) is 46.0 Å². The number of hydrogen-bond acceptors (Lipinski definition) is 7. The van der Waals surface area contributed by atoms with Gasteiger partial charge in [-0.1, -0.05) is 17.3 Å². The van der Waals surface area contributed by atoms with Crippen molar-refractivity contribution in [2.24, 2.45) is 0 Å². The first-order valence-corrected chi connectivity index (χ1v) is 9.03. The quantitative estimate of drug-likeness (QED) is 0.707. The minimum atomic E-state index is -0.940. The molecular formula is C19H18FN5O4. The molecule has 0 unspecified atom stereocenters. The number of nitrogens with zero attached hydrogens (tertiary/aromatic N) is 4. The van der Waals surface area contributed by atoms with E-state index in [0.717, 1.165) is 0 Å². The van der Waals surface area contributed by atoms with Gasteiger partial charge in [-0.3, -0.25) is 9.59 Å². The van der Waals surface area contributed by atoms with Crippen molar-refractivity contribution in [1.29, 1.82) is 0 Å². The van der Waals surface area contributed by atoms with Gasteiger partial charge in [-0.05, 0) is 19.1 Å². The van der Waals surface area contributed by atoms with Crippen molar-refractivity contribution in [1.82, 2.24) is 25.2 Å². The summed E-state index contributed by atoms with van der Waals surface area (Å²) in [5.41, 5.74) is -1.32. The molecule has 150 valence electrons. The first-order chi connectivity index (χ1) is 14.0. The van der Waals surface area contributed by atoms with Gasteiger partial charge in [-0.2, -0.15) is 10.1 Å². The van der Waals surface area contributed by atoms with Gasteiger partial charge in [0.2, 0.25) is 11.8 Å². The number of ether oxygens (including phenoxy) is 1. The van der Waals surface area contributed by atoms with Crippen LogP contribution in [0.2, 0.25) is 0 Å². The van der Waals surface area contributed by atoms with E-state index >= 15 is 0 Å². The van der Waals surface area contributed by atoms with E-state index in [0.29, 0.717) is 37.6 Å². The minimum Gasteiger partial charge on any atom is -0.381 e. The molecule has 29 heavy (non-hydrogen) atoms. The van der Waals surface area contributed by atoms with Crippen LogP contribution in [0.1, 0.15) is 34.8 Å². The molecule has 1 saturated heterocycles. The first kappa shape index (κ1) is 18.9. The smallest absolute Gasteiger partial charge is 0.276 e. The fraction of sp³-hybridized carbons (Fsp3) is 0.316. The van der Waals surface area contributed by atoms with E-state index in [9.17, 15) is 14.0 Å². The van der Waals surface area contributed by atoms with Crippen molar-refractivity contribution in [3.8, 4) is 5.69 Å². The highest BCUT2D eigenvalue weighted by Crippen LogP contribution is 2.30. The lowest BCUT2D eigenvalue weighted by Gasteiger charge is -2.34. The Morgan fingerprint density at radius 1 is 1.28 bits per heavy atom. The van der Waals surface area contributed by atoms with Gasteiger partial charge in [0.1, 0.15) is 17.0 Å². The molecule has 2 aromatic heterocycles. The van der Waals surface area contributed by atoms with E-state index in [1.807, 2.05) is 0 Å². The average Bonchev–Trinajstić information content (AvgIpc) is 3.25. The fourth-order valence-corrected chi connectivity index (χ4v) is 3.35. The van der Waals surface area contributed by atoms with Gasteiger partial charge in [-0.15, -0.1) is 0 Å². The van der Waals surface area contributed by atoms with Crippen LogP contribution in [-0.4, -0.2) is 39.0 Å². The summed E-state index contributed by atoms with van der Waals surface area (Å²) in [6.45, 7) is 2.38. The Hall–Kier alpha value is -3.40. The maximum absolute atomic E-state index is 14.2. The van der Waals surface area contributed by atoms with Crippen LogP contribution in [0.5, 0.6) is 0 Å². The lowest BCUT2D eigenvalue weighted by atomic mass is 9.89. The highest BCUT2D eigenvalue weighted by Gasteiger charge is 2.40. The molecule has 1 aliphatic rings. The molecule has 0 spiro atoms. The number of carbonyl (C=O) groups is 1.